The van der Waals surface area contributed by atoms with E-state index < -0.39 is 0 Å². The zero-order valence-corrected chi connectivity index (χ0v) is 13.2. The third kappa shape index (κ3) is 5.11. The van der Waals surface area contributed by atoms with Crippen molar-refractivity contribution in [2.24, 2.45) is 0 Å². The highest BCUT2D eigenvalue weighted by Crippen LogP contribution is 2.23. The zero-order valence-electron chi connectivity index (χ0n) is 11.6. The Balaban J connectivity index is 1.85. The molecule has 4 nitrogen and oxygen atoms in total. The molecule has 5 heteroatoms. The number of rotatable bonds is 6. The minimum Gasteiger partial charge on any atom is -0.490 e. The van der Waals surface area contributed by atoms with E-state index in [9.17, 15) is 4.79 Å². The highest BCUT2D eigenvalue weighted by molar-refractivity contribution is 9.10. The largest absolute Gasteiger partial charge is 0.490 e. The fourth-order valence-corrected chi connectivity index (χ4v) is 2.13. The molecule has 0 bridgehead atoms. The van der Waals surface area contributed by atoms with Crippen molar-refractivity contribution < 1.29 is 14.3 Å². The number of nitrogens with one attached hydrogen (secondary N) is 1. The summed E-state index contributed by atoms with van der Waals surface area (Å²) < 4.78 is 12.2. The number of halogens is 1. The molecule has 2 aromatic rings. The molecule has 0 atom stereocenters. The minimum absolute atomic E-state index is 0.128. The molecule has 0 aliphatic carbocycles. The van der Waals surface area contributed by atoms with Crippen LogP contribution in [0.2, 0.25) is 0 Å². The van der Waals surface area contributed by atoms with Crippen LogP contribution in [0, 0.1) is 0 Å². The lowest BCUT2D eigenvalue weighted by atomic mass is 10.3. The van der Waals surface area contributed by atoms with Crippen LogP contribution in [-0.4, -0.2) is 19.1 Å². The van der Waals surface area contributed by atoms with Crippen molar-refractivity contribution in [2.45, 2.75) is 6.92 Å². The molecule has 0 heterocycles. The molecule has 21 heavy (non-hydrogen) atoms. The summed E-state index contributed by atoms with van der Waals surface area (Å²) in [6, 6.07) is 14.9. The molecule has 0 saturated carbocycles. The molecule has 0 fully saturated rings. The molecule has 0 saturated heterocycles. The third-order valence-corrected chi connectivity index (χ3v) is 3.10. The normalized spacial score (nSPS) is 10.0. The summed E-state index contributed by atoms with van der Waals surface area (Å²) in [5, 5.41) is 2.73. The Morgan fingerprint density at radius 3 is 2.62 bits per heavy atom. The molecule has 0 spiro atoms. The number of carbonyl (C=O) groups excluding carboxylic acids is 1. The van der Waals surface area contributed by atoms with Crippen molar-refractivity contribution in [3.63, 3.8) is 0 Å². The van der Waals surface area contributed by atoms with Gasteiger partial charge in [0.05, 0.1) is 5.69 Å². The lowest BCUT2D eigenvalue weighted by Gasteiger charge is -2.12. The predicted octanol–water partition coefficient (Wildman–Crippen LogP) is 3.87. The molecule has 2 rings (SSSR count). The monoisotopic (exact) mass is 349 g/mol. The van der Waals surface area contributed by atoms with Gasteiger partial charge in [-0.05, 0) is 30.3 Å². The quantitative estimate of drug-likeness (QED) is 0.805. The highest BCUT2D eigenvalue weighted by Gasteiger charge is 2.04. The number of hydrogen-bond acceptors (Lipinski definition) is 3. The maximum absolute atomic E-state index is 11.1. The summed E-state index contributed by atoms with van der Waals surface area (Å²) in [7, 11) is 0. The maximum Gasteiger partial charge on any atom is 0.221 e. The van der Waals surface area contributed by atoms with E-state index in [1.165, 1.54) is 6.92 Å². The van der Waals surface area contributed by atoms with Crippen LogP contribution in [0.25, 0.3) is 0 Å². The van der Waals surface area contributed by atoms with E-state index in [2.05, 4.69) is 21.2 Å². The van der Waals surface area contributed by atoms with E-state index in [1.807, 2.05) is 42.5 Å². The van der Waals surface area contributed by atoms with Crippen molar-refractivity contribution in [2.75, 3.05) is 18.5 Å². The van der Waals surface area contributed by atoms with Gasteiger partial charge in [0.15, 0.2) is 0 Å². The number of ether oxygens (including phenoxy) is 2. The van der Waals surface area contributed by atoms with Crippen molar-refractivity contribution in [1.29, 1.82) is 0 Å². The lowest BCUT2D eigenvalue weighted by molar-refractivity contribution is -0.114. The Labute approximate surface area is 132 Å². The van der Waals surface area contributed by atoms with Crippen LogP contribution < -0.4 is 14.8 Å². The van der Waals surface area contributed by atoms with Crippen LogP contribution >= 0.6 is 15.9 Å². The molecular weight excluding hydrogens is 334 g/mol. The number of carbonyl (C=O) groups is 1. The highest BCUT2D eigenvalue weighted by atomic mass is 79.9. The van der Waals surface area contributed by atoms with Crippen molar-refractivity contribution in [3.05, 3.63) is 53.0 Å². The molecule has 2 aromatic carbocycles. The van der Waals surface area contributed by atoms with Gasteiger partial charge >= 0.3 is 0 Å². The van der Waals surface area contributed by atoms with Gasteiger partial charge < -0.3 is 14.8 Å². The smallest absolute Gasteiger partial charge is 0.221 e. The number of anilines is 1. The van der Waals surface area contributed by atoms with Crippen LogP contribution in [0.4, 0.5) is 5.69 Å². The third-order valence-electron chi connectivity index (χ3n) is 2.60. The number of amides is 1. The first-order valence-corrected chi connectivity index (χ1v) is 7.32. The second kappa shape index (κ2) is 7.69. The van der Waals surface area contributed by atoms with Gasteiger partial charge in [-0.3, -0.25) is 4.79 Å². The molecular formula is C16H16BrNO3. The minimum atomic E-state index is -0.128. The van der Waals surface area contributed by atoms with E-state index in [0.29, 0.717) is 24.7 Å². The fourth-order valence-electron chi connectivity index (χ4n) is 1.75. The topological polar surface area (TPSA) is 47.6 Å². The molecule has 110 valence electrons. The average Bonchev–Trinajstić information content (AvgIpc) is 2.45. The van der Waals surface area contributed by atoms with Crippen LogP contribution in [-0.2, 0) is 4.79 Å². The SMILES string of the molecule is CC(=O)Nc1ccccc1OCCOc1cccc(Br)c1. The molecule has 0 aromatic heterocycles. The number of para-hydroxylation sites is 2. The second-order valence-corrected chi connectivity index (χ2v) is 5.25. The van der Waals surface area contributed by atoms with E-state index in [0.717, 1.165) is 10.2 Å². The Bertz CT molecular complexity index is 616. The Kier molecular flexibility index (Phi) is 5.63. The summed E-state index contributed by atoms with van der Waals surface area (Å²) in [5.41, 5.74) is 0.660. The van der Waals surface area contributed by atoms with Gasteiger partial charge in [-0.1, -0.05) is 34.1 Å². The summed E-state index contributed by atoms with van der Waals surface area (Å²) in [6.07, 6.45) is 0. The van der Waals surface area contributed by atoms with E-state index >= 15 is 0 Å². The van der Waals surface area contributed by atoms with Gasteiger partial charge in [0.2, 0.25) is 5.91 Å². The average molecular weight is 350 g/mol. The Hall–Kier alpha value is -2.01. The molecule has 0 radical (unpaired) electrons. The van der Waals surface area contributed by atoms with Crippen molar-refractivity contribution in [1.82, 2.24) is 0 Å². The van der Waals surface area contributed by atoms with Crippen molar-refractivity contribution >= 4 is 27.5 Å². The van der Waals surface area contributed by atoms with Gasteiger partial charge in [-0.25, -0.2) is 0 Å². The first kappa shape index (κ1) is 15.4. The molecule has 0 aliphatic rings. The van der Waals surface area contributed by atoms with Gasteiger partial charge in [-0.15, -0.1) is 0 Å². The van der Waals surface area contributed by atoms with Crippen LogP contribution in [0.5, 0.6) is 11.5 Å². The van der Waals surface area contributed by atoms with Gasteiger partial charge in [0, 0.05) is 11.4 Å². The standard InChI is InChI=1S/C16H16BrNO3/c1-12(19)18-15-7-2-3-8-16(15)21-10-9-20-14-6-4-5-13(17)11-14/h2-8,11H,9-10H2,1H3,(H,18,19). The van der Waals surface area contributed by atoms with Crippen LogP contribution in [0.15, 0.2) is 53.0 Å². The maximum atomic E-state index is 11.1. The molecule has 1 N–H and O–H groups in total. The first-order chi connectivity index (χ1) is 10.1. The van der Waals surface area contributed by atoms with Gasteiger partial charge in [0.25, 0.3) is 0 Å². The number of benzene rings is 2. The van der Waals surface area contributed by atoms with E-state index in [-0.39, 0.29) is 5.91 Å². The first-order valence-electron chi connectivity index (χ1n) is 6.53. The van der Waals surface area contributed by atoms with Gasteiger partial charge in [-0.2, -0.15) is 0 Å². The van der Waals surface area contributed by atoms with Crippen LogP contribution in [0.3, 0.4) is 0 Å². The molecule has 0 unspecified atom stereocenters. The summed E-state index contributed by atoms with van der Waals surface area (Å²) in [4.78, 5) is 11.1. The summed E-state index contributed by atoms with van der Waals surface area (Å²) >= 11 is 3.39. The second-order valence-electron chi connectivity index (χ2n) is 4.33. The lowest BCUT2D eigenvalue weighted by Crippen LogP contribution is -2.12. The summed E-state index contributed by atoms with van der Waals surface area (Å²) in [5.74, 6) is 1.28. The molecule has 1 amide bonds. The van der Waals surface area contributed by atoms with E-state index in [4.69, 9.17) is 9.47 Å². The summed E-state index contributed by atoms with van der Waals surface area (Å²) in [6.45, 7) is 2.28. The fraction of sp³-hybridized carbons (Fsp3) is 0.188. The predicted molar refractivity (Wildman–Crippen MR) is 85.9 cm³/mol. The Morgan fingerprint density at radius 2 is 1.86 bits per heavy atom. The van der Waals surface area contributed by atoms with Crippen LogP contribution in [0.1, 0.15) is 6.92 Å². The zero-order chi connectivity index (χ0) is 15.1. The molecule has 0 aliphatic heterocycles. The van der Waals surface area contributed by atoms with E-state index in [1.54, 1.807) is 6.07 Å². The Morgan fingerprint density at radius 1 is 1.10 bits per heavy atom. The number of hydrogen-bond donors (Lipinski definition) is 1. The van der Waals surface area contributed by atoms with Gasteiger partial charge in [0.1, 0.15) is 24.7 Å². The van der Waals surface area contributed by atoms with Crippen molar-refractivity contribution in [3.8, 4) is 11.5 Å².